The van der Waals surface area contributed by atoms with Crippen LogP contribution in [0, 0.1) is 6.92 Å². The van der Waals surface area contributed by atoms with E-state index in [2.05, 4.69) is 53.5 Å². The second-order valence-corrected chi connectivity index (χ2v) is 5.96. The number of ether oxygens (including phenoxy) is 1. The minimum absolute atomic E-state index is 0.450. The van der Waals surface area contributed by atoms with Gasteiger partial charge in [-0.25, -0.2) is 0 Å². The lowest BCUT2D eigenvalue weighted by atomic mass is 10.2. The summed E-state index contributed by atoms with van der Waals surface area (Å²) in [4.78, 5) is 2.46. The van der Waals surface area contributed by atoms with Gasteiger partial charge in [-0.2, -0.15) is 5.10 Å². The average molecular weight is 381 g/mol. The number of aromatic nitrogens is 2. The zero-order valence-electron chi connectivity index (χ0n) is 10.8. The minimum Gasteiger partial charge on any atom is -0.378 e. The average Bonchev–Trinajstić information content (AvgIpc) is 2.67. The summed E-state index contributed by atoms with van der Waals surface area (Å²) in [5.41, 5.74) is 2.33. The van der Waals surface area contributed by atoms with Crippen molar-refractivity contribution in [2.75, 3.05) is 25.1 Å². The lowest BCUT2D eigenvalue weighted by Crippen LogP contribution is -2.46. The third-order valence-electron chi connectivity index (χ3n) is 3.33. The van der Waals surface area contributed by atoms with Crippen molar-refractivity contribution in [3.05, 3.63) is 15.9 Å². The Hall–Kier alpha value is 0.0900. The van der Waals surface area contributed by atoms with Crippen molar-refractivity contribution in [1.82, 2.24) is 14.7 Å². The summed E-state index contributed by atoms with van der Waals surface area (Å²) in [6.07, 6.45) is 0. The highest BCUT2D eigenvalue weighted by Gasteiger charge is 2.24. The monoisotopic (exact) mass is 379 g/mol. The predicted molar refractivity (Wildman–Crippen MR) is 79.1 cm³/mol. The molecular formula is C12H19Br2N3O. The fourth-order valence-electron chi connectivity index (χ4n) is 2.25. The zero-order chi connectivity index (χ0) is 13.1. The van der Waals surface area contributed by atoms with Crippen LogP contribution < -0.4 is 0 Å². The molecule has 2 rings (SSSR count). The first kappa shape index (κ1) is 14.5. The van der Waals surface area contributed by atoms with Crippen LogP contribution >= 0.6 is 31.9 Å². The summed E-state index contributed by atoms with van der Waals surface area (Å²) in [6, 6.07) is 0.450. The molecule has 1 atom stereocenters. The van der Waals surface area contributed by atoms with E-state index >= 15 is 0 Å². The molecule has 1 aromatic heterocycles. The molecule has 1 saturated heterocycles. The Morgan fingerprint density at radius 3 is 2.94 bits per heavy atom. The molecule has 18 heavy (non-hydrogen) atoms. The van der Waals surface area contributed by atoms with Crippen molar-refractivity contribution in [3.8, 4) is 0 Å². The van der Waals surface area contributed by atoms with Crippen LogP contribution in [0.3, 0.4) is 0 Å². The number of halogens is 2. The second-order valence-electron chi connectivity index (χ2n) is 4.52. The fraction of sp³-hybridized carbons (Fsp3) is 0.750. The van der Waals surface area contributed by atoms with Gasteiger partial charge in [0.1, 0.15) is 0 Å². The van der Waals surface area contributed by atoms with E-state index in [4.69, 9.17) is 4.74 Å². The third kappa shape index (κ3) is 2.98. The standard InChI is InChI=1S/C12H19Br2N3O/c1-3-17-11(12(14)9(2)15-17)7-16-4-5-18-8-10(16)6-13/h10H,3-8H2,1-2H3. The van der Waals surface area contributed by atoms with Crippen molar-refractivity contribution in [2.45, 2.75) is 33.0 Å². The van der Waals surface area contributed by atoms with E-state index in [0.717, 1.165) is 48.3 Å². The number of hydrogen-bond acceptors (Lipinski definition) is 3. The van der Waals surface area contributed by atoms with Gasteiger partial charge >= 0.3 is 0 Å². The topological polar surface area (TPSA) is 30.3 Å². The Bertz CT molecular complexity index is 408. The Morgan fingerprint density at radius 2 is 2.28 bits per heavy atom. The van der Waals surface area contributed by atoms with Crippen molar-refractivity contribution >= 4 is 31.9 Å². The lowest BCUT2D eigenvalue weighted by Gasteiger charge is -2.34. The summed E-state index contributed by atoms with van der Waals surface area (Å²) in [5.74, 6) is 0. The Kier molecular flexibility index (Phi) is 5.24. The van der Waals surface area contributed by atoms with Gasteiger partial charge in [-0.1, -0.05) is 15.9 Å². The van der Waals surface area contributed by atoms with E-state index in [0.29, 0.717) is 6.04 Å². The van der Waals surface area contributed by atoms with Gasteiger partial charge in [-0.15, -0.1) is 0 Å². The number of morpholine rings is 1. The predicted octanol–water partition coefficient (Wildman–Crippen LogP) is 2.57. The highest BCUT2D eigenvalue weighted by molar-refractivity contribution is 9.10. The van der Waals surface area contributed by atoms with Gasteiger partial charge in [0.05, 0.1) is 29.1 Å². The number of hydrogen-bond donors (Lipinski definition) is 0. The molecule has 1 fully saturated rings. The summed E-state index contributed by atoms with van der Waals surface area (Å²) < 4.78 is 8.75. The second kappa shape index (κ2) is 6.50. The van der Waals surface area contributed by atoms with Crippen LogP contribution in [0.1, 0.15) is 18.3 Å². The highest BCUT2D eigenvalue weighted by Crippen LogP contribution is 2.24. The van der Waals surface area contributed by atoms with Gasteiger partial charge in [0.25, 0.3) is 0 Å². The molecule has 0 N–H and O–H groups in total. The number of aryl methyl sites for hydroxylation is 2. The van der Waals surface area contributed by atoms with Gasteiger partial charge in [0.2, 0.25) is 0 Å². The van der Waals surface area contributed by atoms with Gasteiger partial charge in [0.15, 0.2) is 0 Å². The molecule has 1 unspecified atom stereocenters. The van der Waals surface area contributed by atoms with Crippen molar-refractivity contribution < 1.29 is 4.74 Å². The number of alkyl halides is 1. The molecule has 1 aliphatic heterocycles. The van der Waals surface area contributed by atoms with Gasteiger partial charge in [-0.3, -0.25) is 9.58 Å². The van der Waals surface area contributed by atoms with Crippen LogP contribution in [-0.2, 0) is 17.8 Å². The summed E-state index contributed by atoms with van der Waals surface area (Å²) in [6.45, 7) is 8.61. The molecule has 4 nitrogen and oxygen atoms in total. The number of rotatable bonds is 4. The van der Waals surface area contributed by atoms with Gasteiger partial charge < -0.3 is 4.74 Å². The van der Waals surface area contributed by atoms with Gasteiger partial charge in [0, 0.05) is 31.0 Å². The van der Waals surface area contributed by atoms with E-state index in [-0.39, 0.29) is 0 Å². The van der Waals surface area contributed by atoms with E-state index in [1.807, 2.05) is 6.92 Å². The first-order valence-corrected chi connectivity index (χ1v) is 8.18. The summed E-state index contributed by atoms with van der Waals surface area (Å²) >= 11 is 7.23. The molecule has 102 valence electrons. The van der Waals surface area contributed by atoms with Crippen molar-refractivity contribution in [1.29, 1.82) is 0 Å². The third-order valence-corrected chi connectivity index (χ3v) is 5.11. The molecule has 6 heteroatoms. The molecule has 0 radical (unpaired) electrons. The molecule has 0 spiro atoms. The van der Waals surface area contributed by atoms with Crippen LogP contribution in [0.15, 0.2) is 4.47 Å². The van der Waals surface area contributed by atoms with Crippen LogP contribution in [0.5, 0.6) is 0 Å². The van der Waals surface area contributed by atoms with Crippen molar-refractivity contribution in [3.63, 3.8) is 0 Å². The Balaban J connectivity index is 2.17. The van der Waals surface area contributed by atoms with Crippen LogP contribution in [0.25, 0.3) is 0 Å². The summed E-state index contributed by atoms with van der Waals surface area (Å²) in [7, 11) is 0. The van der Waals surface area contributed by atoms with E-state index < -0.39 is 0 Å². The maximum absolute atomic E-state index is 5.53. The molecule has 1 aliphatic rings. The Labute approximate surface area is 125 Å². The SMILES string of the molecule is CCn1nc(C)c(Br)c1CN1CCOCC1CBr. The fourth-order valence-corrected chi connectivity index (χ4v) is 3.26. The maximum Gasteiger partial charge on any atom is 0.0739 e. The molecule has 1 aromatic rings. The maximum atomic E-state index is 5.53. The molecule has 2 heterocycles. The first-order valence-electron chi connectivity index (χ1n) is 6.26. The molecular weight excluding hydrogens is 362 g/mol. The molecule has 0 aliphatic carbocycles. The first-order chi connectivity index (χ1) is 8.67. The summed E-state index contributed by atoms with van der Waals surface area (Å²) in [5, 5.41) is 5.49. The van der Waals surface area contributed by atoms with Gasteiger partial charge in [-0.05, 0) is 29.8 Å². The lowest BCUT2D eigenvalue weighted by molar-refractivity contribution is -0.00332. The molecule has 0 saturated carbocycles. The van der Waals surface area contributed by atoms with Crippen molar-refractivity contribution in [2.24, 2.45) is 0 Å². The van der Waals surface area contributed by atoms with E-state index in [1.54, 1.807) is 0 Å². The minimum atomic E-state index is 0.450. The van der Waals surface area contributed by atoms with E-state index in [1.165, 1.54) is 5.69 Å². The largest absolute Gasteiger partial charge is 0.378 e. The van der Waals surface area contributed by atoms with Crippen LogP contribution in [-0.4, -0.2) is 45.8 Å². The zero-order valence-corrected chi connectivity index (χ0v) is 14.0. The van der Waals surface area contributed by atoms with Crippen LogP contribution in [0.2, 0.25) is 0 Å². The van der Waals surface area contributed by atoms with E-state index in [9.17, 15) is 0 Å². The highest BCUT2D eigenvalue weighted by atomic mass is 79.9. The Morgan fingerprint density at radius 1 is 1.50 bits per heavy atom. The molecule has 0 aromatic carbocycles. The molecule has 0 bridgehead atoms. The smallest absolute Gasteiger partial charge is 0.0739 e. The quantitative estimate of drug-likeness (QED) is 0.752. The normalized spacial score (nSPS) is 21.4. The number of nitrogens with zero attached hydrogens (tertiary/aromatic N) is 3. The van der Waals surface area contributed by atoms with Crippen LogP contribution in [0.4, 0.5) is 0 Å². The molecule has 0 amide bonds.